The highest BCUT2D eigenvalue weighted by atomic mass is 32.2. The van der Waals surface area contributed by atoms with Gasteiger partial charge in [-0.05, 0) is 27.7 Å². The van der Waals surface area contributed by atoms with Crippen LogP contribution in [0, 0.1) is 0 Å². The van der Waals surface area contributed by atoms with E-state index in [9.17, 15) is 0 Å². The molecule has 3 heteroatoms. The first kappa shape index (κ1) is 13.5. The van der Waals surface area contributed by atoms with Gasteiger partial charge in [0, 0.05) is 16.5 Å². The van der Waals surface area contributed by atoms with Gasteiger partial charge in [0.25, 0.3) is 0 Å². The van der Waals surface area contributed by atoms with Crippen molar-refractivity contribution >= 4 is 10.9 Å². The van der Waals surface area contributed by atoms with E-state index in [-0.39, 0.29) is 12.2 Å². The first-order valence-corrected chi connectivity index (χ1v) is 8.58. The predicted molar refractivity (Wildman–Crippen MR) is 80.3 cm³/mol. The highest BCUT2D eigenvalue weighted by molar-refractivity contribution is 7.97. The van der Waals surface area contributed by atoms with E-state index in [0.717, 1.165) is 5.75 Å². The summed E-state index contributed by atoms with van der Waals surface area (Å²) in [5.74, 6) is 0.753. The van der Waals surface area contributed by atoms with Gasteiger partial charge in [-0.1, -0.05) is 30.3 Å². The summed E-state index contributed by atoms with van der Waals surface area (Å²) in [5, 5.41) is 1.17. The zero-order valence-corrected chi connectivity index (χ0v) is 12.9. The van der Waals surface area contributed by atoms with E-state index in [2.05, 4.69) is 44.2 Å². The zero-order valence-electron chi connectivity index (χ0n) is 12.1. The van der Waals surface area contributed by atoms with Crippen molar-refractivity contribution in [2.24, 2.45) is 0 Å². The Balaban J connectivity index is 1.76. The molecular formula is C16H23O2S+. The predicted octanol–water partition coefficient (Wildman–Crippen LogP) is 3.12. The lowest BCUT2D eigenvalue weighted by Gasteiger charge is -2.22. The second-order valence-corrected chi connectivity index (χ2v) is 8.79. The fraction of sp³-hybridized carbons (Fsp3) is 0.625. The number of hydrogen-bond donors (Lipinski definition) is 0. The normalized spacial score (nSPS) is 40.3. The standard InChI is InChI=1S/C16H23O2S/c1-11-14-15(18-16(3,4)17-14)12(2)19(11)10-13-8-6-5-7-9-13/h5-9,11-12,14-15H,10H2,1-4H3/q+1/t11-,12-,14+,15+/m0/s1. The highest BCUT2D eigenvalue weighted by Crippen LogP contribution is 2.43. The van der Waals surface area contributed by atoms with Crippen molar-refractivity contribution in [3.8, 4) is 0 Å². The minimum absolute atomic E-state index is 0.275. The summed E-state index contributed by atoms with van der Waals surface area (Å²) in [5.41, 5.74) is 1.43. The smallest absolute Gasteiger partial charge is 0.164 e. The van der Waals surface area contributed by atoms with Gasteiger partial charge >= 0.3 is 0 Å². The third-order valence-corrected chi connectivity index (χ3v) is 7.33. The van der Waals surface area contributed by atoms with Gasteiger partial charge in [-0.25, -0.2) is 0 Å². The molecule has 0 bridgehead atoms. The molecule has 0 aliphatic carbocycles. The second-order valence-electron chi connectivity index (χ2n) is 6.07. The lowest BCUT2D eigenvalue weighted by atomic mass is 10.1. The minimum atomic E-state index is -0.403. The molecule has 2 aliphatic heterocycles. The van der Waals surface area contributed by atoms with E-state index in [1.807, 2.05) is 13.8 Å². The Morgan fingerprint density at radius 2 is 1.53 bits per heavy atom. The van der Waals surface area contributed by atoms with Gasteiger partial charge < -0.3 is 9.47 Å². The van der Waals surface area contributed by atoms with Crippen LogP contribution in [-0.2, 0) is 26.1 Å². The van der Waals surface area contributed by atoms with Crippen LogP contribution in [0.15, 0.2) is 30.3 Å². The maximum absolute atomic E-state index is 6.11. The number of benzene rings is 1. The lowest BCUT2D eigenvalue weighted by molar-refractivity contribution is -0.147. The molecular weight excluding hydrogens is 256 g/mol. The van der Waals surface area contributed by atoms with E-state index in [1.165, 1.54) is 5.56 Å². The molecule has 3 rings (SSSR count). The van der Waals surface area contributed by atoms with Crippen molar-refractivity contribution < 1.29 is 9.47 Å². The van der Waals surface area contributed by atoms with Crippen LogP contribution in [0.4, 0.5) is 0 Å². The van der Waals surface area contributed by atoms with Gasteiger partial charge in [-0.3, -0.25) is 0 Å². The molecule has 2 saturated heterocycles. The summed E-state index contributed by atoms with van der Waals surface area (Å²) in [7, 11) is 0.340. The van der Waals surface area contributed by atoms with Crippen molar-refractivity contribution in [3.63, 3.8) is 0 Å². The van der Waals surface area contributed by atoms with E-state index in [1.54, 1.807) is 0 Å². The Hall–Kier alpha value is -0.510. The van der Waals surface area contributed by atoms with E-state index in [0.29, 0.717) is 21.4 Å². The van der Waals surface area contributed by atoms with Crippen LogP contribution in [-0.4, -0.2) is 28.5 Å². The SMILES string of the molecule is C[C@H]1[C@H]2OC(C)(C)O[C@@H]2[C@H](C)[S+]1Cc1ccccc1. The third-order valence-electron chi connectivity index (χ3n) is 4.22. The fourth-order valence-corrected chi connectivity index (χ4v) is 6.15. The average Bonchev–Trinajstić information content (AvgIpc) is 2.80. The van der Waals surface area contributed by atoms with Crippen LogP contribution in [0.2, 0.25) is 0 Å². The second kappa shape index (κ2) is 4.80. The fourth-order valence-electron chi connectivity index (χ4n) is 3.26. The molecule has 0 aromatic heterocycles. The Labute approximate surface area is 118 Å². The Kier molecular flexibility index (Phi) is 3.40. The average molecular weight is 279 g/mol. The van der Waals surface area contributed by atoms with Gasteiger partial charge in [-0.2, -0.15) is 0 Å². The lowest BCUT2D eigenvalue weighted by Crippen LogP contribution is -2.32. The molecule has 2 heterocycles. The monoisotopic (exact) mass is 279 g/mol. The summed E-state index contributed by atoms with van der Waals surface area (Å²) in [4.78, 5) is 0. The Morgan fingerprint density at radius 1 is 1.00 bits per heavy atom. The van der Waals surface area contributed by atoms with Crippen LogP contribution in [0.5, 0.6) is 0 Å². The molecule has 4 atom stereocenters. The molecule has 2 aliphatic rings. The Bertz CT molecular complexity index is 425. The van der Waals surface area contributed by atoms with Gasteiger partial charge in [0.05, 0.1) is 0 Å². The van der Waals surface area contributed by atoms with E-state index in [4.69, 9.17) is 9.47 Å². The maximum Gasteiger partial charge on any atom is 0.164 e. The topological polar surface area (TPSA) is 18.5 Å². The highest BCUT2D eigenvalue weighted by Gasteiger charge is 2.61. The summed E-state index contributed by atoms with van der Waals surface area (Å²) in [6.07, 6.45) is 0.550. The van der Waals surface area contributed by atoms with Crippen molar-refractivity contribution in [3.05, 3.63) is 35.9 Å². The molecule has 104 valence electrons. The minimum Gasteiger partial charge on any atom is -0.339 e. The number of rotatable bonds is 2. The zero-order chi connectivity index (χ0) is 13.6. The molecule has 2 fully saturated rings. The van der Waals surface area contributed by atoms with Gasteiger partial charge in [-0.15, -0.1) is 0 Å². The van der Waals surface area contributed by atoms with E-state index < -0.39 is 5.79 Å². The molecule has 1 aromatic rings. The molecule has 0 saturated carbocycles. The quantitative estimate of drug-likeness (QED) is 0.774. The van der Waals surface area contributed by atoms with Crippen molar-refractivity contribution in [2.45, 2.75) is 61.9 Å². The van der Waals surface area contributed by atoms with Crippen LogP contribution < -0.4 is 0 Å². The van der Waals surface area contributed by atoms with Crippen molar-refractivity contribution in [1.29, 1.82) is 0 Å². The molecule has 0 N–H and O–H groups in total. The molecule has 0 unspecified atom stereocenters. The largest absolute Gasteiger partial charge is 0.339 e. The van der Waals surface area contributed by atoms with Crippen molar-refractivity contribution in [2.75, 3.05) is 0 Å². The van der Waals surface area contributed by atoms with Crippen LogP contribution in [0.3, 0.4) is 0 Å². The summed E-state index contributed by atoms with van der Waals surface area (Å²) < 4.78 is 12.2. The molecule has 0 spiro atoms. The molecule has 0 radical (unpaired) electrons. The molecule has 0 amide bonds. The first-order chi connectivity index (χ1) is 8.98. The number of hydrogen-bond acceptors (Lipinski definition) is 2. The van der Waals surface area contributed by atoms with Crippen LogP contribution in [0.25, 0.3) is 0 Å². The number of ether oxygens (including phenoxy) is 2. The third kappa shape index (κ3) is 2.44. The van der Waals surface area contributed by atoms with Gasteiger partial charge in [0.2, 0.25) is 0 Å². The van der Waals surface area contributed by atoms with Gasteiger partial charge in [0.15, 0.2) is 5.79 Å². The van der Waals surface area contributed by atoms with Crippen LogP contribution in [0.1, 0.15) is 33.3 Å². The van der Waals surface area contributed by atoms with Gasteiger partial charge in [0.1, 0.15) is 28.5 Å². The van der Waals surface area contributed by atoms with E-state index >= 15 is 0 Å². The molecule has 19 heavy (non-hydrogen) atoms. The molecule has 1 aromatic carbocycles. The van der Waals surface area contributed by atoms with Crippen LogP contribution >= 0.6 is 0 Å². The summed E-state index contributed by atoms with van der Waals surface area (Å²) in [6.45, 7) is 8.72. The summed E-state index contributed by atoms with van der Waals surface area (Å²) >= 11 is 0. The van der Waals surface area contributed by atoms with Crippen molar-refractivity contribution in [1.82, 2.24) is 0 Å². The first-order valence-electron chi connectivity index (χ1n) is 7.06. The molecule has 2 nitrogen and oxygen atoms in total. The summed E-state index contributed by atoms with van der Waals surface area (Å²) in [6, 6.07) is 10.8. The maximum atomic E-state index is 6.11. The Morgan fingerprint density at radius 3 is 2.05 bits per heavy atom. The number of fused-ring (bicyclic) bond motifs is 1.